The maximum Gasteiger partial charge on any atom is 0.244 e. The van der Waals surface area contributed by atoms with Gasteiger partial charge >= 0.3 is 0 Å². The van der Waals surface area contributed by atoms with Crippen LogP contribution in [0.15, 0.2) is 66.9 Å². The second kappa shape index (κ2) is 10.1. The van der Waals surface area contributed by atoms with E-state index in [-0.39, 0.29) is 11.8 Å². The van der Waals surface area contributed by atoms with Gasteiger partial charge in [-0.15, -0.1) is 0 Å². The first-order valence-electron chi connectivity index (χ1n) is 9.54. The van der Waals surface area contributed by atoms with Crippen LogP contribution in [0.3, 0.4) is 0 Å². The Balaban J connectivity index is 1.45. The molecule has 0 fully saturated rings. The number of H-pyrrole nitrogens is 1. The van der Waals surface area contributed by atoms with Gasteiger partial charge in [-0.1, -0.05) is 36.4 Å². The molecule has 30 heavy (non-hydrogen) atoms. The molecule has 154 valence electrons. The van der Waals surface area contributed by atoms with E-state index < -0.39 is 6.04 Å². The average Bonchev–Trinajstić information content (AvgIpc) is 3.31. The number of ether oxygens (including phenoxy) is 1. The number of nitrogens with one attached hydrogen (secondary N) is 3. The van der Waals surface area contributed by atoms with E-state index in [1.54, 1.807) is 26.3 Å². The minimum atomic E-state index is -0.651. The number of aromatic nitrogens is 2. The van der Waals surface area contributed by atoms with Crippen molar-refractivity contribution in [2.45, 2.75) is 19.5 Å². The Morgan fingerprint density at radius 2 is 1.83 bits per heavy atom. The van der Waals surface area contributed by atoms with Crippen LogP contribution in [-0.2, 0) is 16.1 Å². The predicted molar refractivity (Wildman–Crippen MR) is 116 cm³/mol. The number of aromatic amines is 1. The number of methoxy groups -OCH3 is 1. The molecule has 7 heteroatoms. The highest BCUT2D eigenvalue weighted by Crippen LogP contribution is 2.16. The first-order valence-corrected chi connectivity index (χ1v) is 9.54. The number of hydrogen-bond acceptors (Lipinski definition) is 4. The van der Waals surface area contributed by atoms with Gasteiger partial charge in [-0.05, 0) is 47.9 Å². The van der Waals surface area contributed by atoms with Crippen LogP contribution >= 0.6 is 0 Å². The van der Waals surface area contributed by atoms with E-state index in [4.69, 9.17) is 4.74 Å². The normalized spacial score (nSPS) is 11.8. The standard InChI is InChI=1S/C23H24N4O3/c1-16(26-22(28)12-7-17-5-10-20(30-2)11-6-17)23(29)24-15-18-3-8-19(9-4-18)21-13-14-25-27-21/h3-14,16H,15H2,1-2H3,(H,24,29)(H,25,27)(H,26,28)/b12-7+. The van der Waals surface area contributed by atoms with Crippen LogP contribution in [0.1, 0.15) is 18.1 Å². The number of nitrogens with zero attached hydrogens (tertiary/aromatic N) is 1. The molecule has 0 aliphatic rings. The summed E-state index contributed by atoms with van der Waals surface area (Å²) in [6.45, 7) is 2.03. The number of carbonyl (C=O) groups excluding carboxylic acids is 2. The molecule has 3 rings (SSSR count). The summed E-state index contributed by atoms with van der Waals surface area (Å²) in [6.07, 6.45) is 4.78. The van der Waals surface area contributed by atoms with Crippen molar-refractivity contribution in [1.82, 2.24) is 20.8 Å². The van der Waals surface area contributed by atoms with Crippen molar-refractivity contribution in [3.63, 3.8) is 0 Å². The fourth-order valence-electron chi connectivity index (χ4n) is 2.78. The van der Waals surface area contributed by atoms with Gasteiger partial charge in [-0.2, -0.15) is 5.10 Å². The van der Waals surface area contributed by atoms with Gasteiger partial charge in [0.1, 0.15) is 11.8 Å². The number of benzene rings is 2. The van der Waals surface area contributed by atoms with E-state index in [1.165, 1.54) is 6.08 Å². The van der Waals surface area contributed by atoms with Gasteiger partial charge in [0.2, 0.25) is 11.8 Å². The third-order valence-corrected chi connectivity index (χ3v) is 4.53. The summed E-state index contributed by atoms with van der Waals surface area (Å²) in [6, 6.07) is 16.4. The van der Waals surface area contributed by atoms with E-state index in [2.05, 4.69) is 20.8 Å². The van der Waals surface area contributed by atoms with Crippen molar-refractivity contribution in [1.29, 1.82) is 0 Å². The molecule has 0 spiro atoms. The highest BCUT2D eigenvalue weighted by molar-refractivity contribution is 5.95. The highest BCUT2D eigenvalue weighted by atomic mass is 16.5. The van der Waals surface area contributed by atoms with Gasteiger partial charge in [0.25, 0.3) is 0 Å². The third-order valence-electron chi connectivity index (χ3n) is 4.53. The van der Waals surface area contributed by atoms with Gasteiger partial charge in [0, 0.05) is 18.8 Å². The summed E-state index contributed by atoms with van der Waals surface area (Å²) < 4.78 is 5.10. The Hall–Kier alpha value is -3.87. The minimum absolute atomic E-state index is 0.251. The number of hydrogen-bond donors (Lipinski definition) is 3. The summed E-state index contributed by atoms with van der Waals surface area (Å²) >= 11 is 0. The predicted octanol–water partition coefficient (Wildman–Crippen LogP) is 2.92. The second-order valence-electron chi connectivity index (χ2n) is 6.72. The molecular formula is C23H24N4O3. The molecule has 2 amide bonds. The van der Waals surface area contributed by atoms with Crippen molar-refractivity contribution in [3.05, 3.63) is 78.0 Å². The lowest BCUT2D eigenvalue weighted by Gasteiger charge is -2.13. The molecule has 7 nitrogen and oxygen atoms in total. The molecule has 0 aliphatic heterocycles. The summed E-state index contributed by atoms with van der Waals surface area (Å²) in [5.41, 5.74) is 3.78. The lowest BCUT2D eigenvalue weighted by molar-refractivity contribution is -0.126. The van der Waals surface area contributed by atoms with Gasteiger partial charge in [0.05, 0.1) is 12.8 Å². The van der Waals surface area contributed by atoms with Crippen LogP contribution < -0.4 is 15.4 Å². The monoisotopic (exact) mass is 404 g/mol. The van der Waals surface area contributed by atoms with Crippen LogP contribution in [-0.4, -0.2) is 35.2 Å². The van der Waals surface area contributed by atoms with Crippen LogP contribution in [0.25, 0.3) is 17.3 Å². The Morgan fingerprint density at radius 3 is 2.47 bits per heavy atom. The lowest BCUT2D eigenvalue weighted by Crippen LogP contribution is -2.44. The van der Waals surface area contributed by atoms with Crippen molar-refractivity contribution in [2.75, 3.05) is 7.11 Å². The quantitative estimate of drug-likeness (QED) is 0.503. The molecule has 0 bridgehead atoms. The number of rotatable bonds is 8. The fourth-order valence-corrected chi connectivity index (χ4v) is 2.78. The summed E-state index contributed by atoms with van der Waals surface area (Å²) in [7, 11) is 1.60. The van der Waals surface area contributed by atoms with Crippen molar-refractivity contribution in [2.24, 2.45) is 0 Å². The van der Waals surface area contributed by atoms with Gasteiger partial charge < -0.3 is 15.4 Å². The first-order chi connectivity index (χ1) is 14.5. The van der Waals surface area contributed by atoms with Crippen LogP contribution in [0.2, 0.25) is 0 Å². The third kappa shape index (κ3) is 5.81. The van der Waals surface area contributed by atoms with Gasteiger partial charge in [-0.25, -0.2) is 0 Å². The van der Waals surface area contributed by atoms with Gasteiger partial charge in [0.15, 0.2) is 0 Å². The van der Waals surface area contributed by atoms with Crippen molar-refractivity contribution in [3.8, 4) is 17.0 Å². The molecule has 1 atom stereocenters. The smallest absolute Gasteiger partial charge is 0.244 e. The molecule has 2 aromatic carbocycles. The molecule has 0 radical (unpaired) electrons. The zero-order chi connectivity index (χ0) is 21.3. The largest absolute Gasteiger partial charge is 0.497 e. The lowest BCUT2D eigenvalue weighted by atomic mass is 10.1. The Labute approximate surface area is 175 Å². The van der Waals surface area contributed by atoms with Crippen molar-refractivity contribution >= 4 is 17.9 Å². The SMILES string of the molecule is COc1ccc(/C=C/C(=O)NC(C)C(=O)NCc2ccc(-c3ccn[nH]3)cc2)cc1. The zero-order valence-electron chi connectivity index (χ0n) is 16.9. The van der Waals surface area contributed by atoms with E-state index in [0.29, 0.717) is 6.54 Å². The minimum Gasteiger partial charge on any atom is -0.497 e. The maximum atomic E-state index is 12.3. The van der Waals surface area contributed by atoms with E-state index in [9.17, 15) is 9.59 Å². The molecule has 1 heterocycles. The average molecular weight is 404 g/mol. The van der Waals surface area contributed by atoms with Crippen molar-refractivity contribution < 1.29 is 14.3 Å². The molecule has 1 aromatic heterocycles. The molecular weight excluding hydrogens is 380 g/mol. The Kier molecular flexibility index (Phi) is 7.00. The van der Waals surface area contributed by atoms with Crippen LogP contribution in [0, 0.1) is 0 Å². The molecule has 3 N–H and O–H groups in total. The van der Waals surface area contributed by atoms with E-state index in [0.717, 1.165) is 28.1 Å². The summed E-state index contributed by atoms with van der Waals surface area (Å²) in [5.74, 6) is 0.161. The van der Waals surface area contributed by atoms with Gasteiger partial charge in [-0.3, -0.25) is 14.7 Å². The Morgan fingerprint density at radius 1 is 1.10 bits per heavy atom. The zero-order valence-corrected chi connectivity index (χ0v) is 16.9. The molecule has 0 saturated heterocycles. The maximum absolute atomic E-state index is 12.3. The van der Waals surface area contributed by atoms with E-state index >= 15 is 0 Å². The van der Waals surface area contributed by atoms with Crippen LogP contribution in [0.4, 0.5) is 0 Å². The van der Waals surface area contributed by atoms with E-state index in [1.807, 2.05) is 54.6 Å². The van der Waals surface area contributed by atoms with Crippen LogP contribution in [0.5, 0.6) is 5.75 Å². The fraction of sp³-hybridized carbons (Fsp3) is 0.174. The first kappa shape index (κ1) is 20.9. The molecule has 3 aromatic rings. The topological polar surface area (TPSA) is 96.1 Å². The molecule has 1 unspecified atom stereocenters. The highest BCUT2D eigenvalue weighted by Gasteiger charge is 2.13. The second-order valence-corrected chi connectivity index (χ2v) is 6.72. The summed E-state index contributed by atoms with van der Waals surface area (Å²) in [4.78, 5) is 24.3. The molecule has 0 saturated carbocycles. The number of amides is 2. The molecule has 0 aliphatic carbocycles. The summed E-state index contributed by atoms with van der Waals surface area (Å²) in [5, 5.41) is 12.3. The number of carbonyl (C=O) groups is 2. The Bertz CT molecular complexity index is 994.